The largest absolute Gasteiger partial charge is 0.479 e. The van der Waals surface area contributed by atoms with E-state index in [1.54, 1.807) is 6.92 Å². The smallest absolute Gasteiger partial charge is 0.404 e. The Morgan fingerprint density at radius 1 is 1.60 bits per heavy atom. The van der Waals surface area contributed by atoms with Gasteiger partial charge in [-0.2, -0.15) is 0 Å². The molecule has 0 unspecified atom stereocenters. The van der Waals surface area contributed by atoms with Crippen LogP contribution in [0, 0.1) is 5.41 Å². The molecule has 0 aromatic heterocycles. The maximum atomic E-state index is 9.96. The minimum Gasteiger partial charge on any atom is -0.479 e. The quantitative estimate of drug-likeness (QED) is 0.437. The Kier molecular flexibility index (Phi) is 4.02. The molecule has 0 radical (unpaired) electrons. The van der Waals surface area contributed by atoms with E-state index >= 15 is 0 Å². The van der Waals surface area contributed by atoms with Crippen LogP contribution in [-0.2, 0) is 9.47 Å². The van der Waals surface area contributed by atoms with Crippen LogP contribution in [0.5, 0.6) is 0 Å². The molecule has 0 heterocycles. The van der Waals surface area contributed by atoms with Crippen molar-refractivity contribution in [2.45, 2.75) is 6.92 Å². The van der Waals surface area contributed by atoms with Crippen LogP contribution in [0.2, 0.25) is 0 Å². The van der Waals surface area contributed by atoms with Crippen molar-refractivity contribution in [1.29, 1.82) is 5.41 Å². The summed E-state index contributed by atoms with van der Waals surface area (Å²) in [5, 5.41) is 6.93. The van der Waals surface area contributed by atoms with Crippen LogP contribution in [0.3, 0.4) is 0 Å². The van der Waals surface area contributed by atoms with Crippen molar-refractivity contribution in [3.63, 3.8) is 0 Å². The van der Waals surface area contributed by atoms with Gasteiger partial charge in [0.05, 0.1) is 6.61 Å². The number of hydrogen-bond acceptors (Lipinski definition) is 4. The lowest BCUT2D eigenvalue weighted by atomic mass is 10.7. The van der Waals surface area contributed by atoms with E-state index in [9.17, 15) is 4.79 Å². The fourth-order valence-electron chi connectivity index (χ4n) is 0.353. The van der Waals surface area contributed by atoms with Crippen molar-refractivity contribution in [3.05, 3.63) is 0 Å². The van der Waals surface area contributed by atoms with Crippen LogP contribution < -0.4 is 5.73 Å². The normalized spacial score (nSPS) is 8.50. The van der Waals surface area contributed by atoms with E-state index < -0.39 is 6.09 Å². The van der Waals surface area contributed by atoms with Gasteiger partial charge < -0.3 is 15.2 Å². The summed E-state index contributed by atoms with van der Waals surface area (Å²) in [7, 11) is 0. The molecule has 0 spiro atoms. The molecular formula is C5H10N2O3. The standard InChI is InChI=1S/C5H10N2O3/c1-2-9-4(6)3-10-5(7)8/h6H,2-3H2,1H3,(H2,7,8). The topological polar surface area (TPSA) is 85.4 Å². The molecule has 0 atom stereocenters. The summed E-state index contributed by atoms with van der Waals surface area (Å²) in [5.74, 6) is -0.0960. The molecule has 0 aromatic rings. The van der Waals surface area contributed by atoms with E-state index in [-0.39, 0.29) is 12.5 Å². The predicted octanol–water partition coefficient (Wildman–Crippen LogP) is 0.0955. The van der Waals surface area contributed by atoms with Crippen molar-refractivity contribution >= 4 is 12.0 Å². The minimum absolute atomic E-state index is 0.0960. The number of rotatable bonds is 3. The van der Waals surface area contributed by atoms with Crippen LogP contribution in [-0.4, -0.2) is 25.2 Å². The van der Waals surface area contributed by atoms with Gasteiger partial charge in [0.15, 0.2) is 6.61 Å². The molecule has 0 bridgehead atoms. The molecule has 10 heavy (non-hydrogen) atoms. The highest BCUT2D eigenvalue weighted by Crippen LogP contribution is 1.80. The van der Waals surface area contributed by atoms with E-state index in [2.05, 4.69) is 15.2 Å². The molecule has 0 rings (SSSR count). The summed E-state index contributed by atoms with van der Waals surface area (Å²) in [4.78, 5) is 9.96. The van der Waals surface area contributed by atoms with E-state index in [0.29, 0.717) is 6.61 Å². The average Bonchev–Trinajstić information content (AvgIpc) is 1.85. The number of nitrogens with one attached hydrogen (secondary N) is 1. The van der Waals surface area contributed by atoms with E-state index in [0.717, 1.165) is 0 Å². The number of hydrogen-bond donors (Lipinski definition) is 2. The number of primary amides is 1. The van der Waals surface area contributed by atoms with Gasteiger partial charge in [-0.05, 0) is 6.92 Å². The molecule has 58 valence electrons. The maximum Gasteiger partial charge on any atom is 0.404 e. The zero-order valence-electron chi connectivity index (χ0n) is 5.72. The molecule has 0 fully saturated rings. The molecule has 0 aliphatic heterocycles. The first-order chi connectivity index (χ1) is 4.66. The first kappa shape index (κ1) is 8.74. The van der Waals surface area contributed by atoms with Gasteiger partial charge in [-0.3, -0.25) is 5.41 Å². The lowest BCUT2D eigenvalue weighted by Gasteiger charge is -2.02. The van der Waals surface area contributed by atoms with E-state index in [1.807, 2.05) is 0 Å². The second-order valence-corrected chi connectivity index (χ2v) is 1.46. The lowest BCUT2D eigenvalue weighted by molar-refractivity contribution is 0.163. The summed E-state index contributed by atoms with van der Waals surface area (Å²) < 4.78 is 8.89. The Morgan fingerprint density at radius 2 is 2.20 bits per heavy atom. The number of carbonyl (C=O) groups is 1. The first-order valence-corrected chi connectivity index (χ1v) is 2.79. The summed E-state index contributed by atoms with van der Waals surface area (Å²) in [6.45, 7) is 1.93. The molecule has 1 amide bonds. The van der Waals surface area contributed by atoms with Crippen LogP contribution in [0.1, 0.15) is 6.92 Å². The van der Waals surface area contributed by atoms with Crippen molar-refractivity contribution in [1.82, 2.24) is 0 Å². The Morgan fingerprint density at radius 3 is 2.60 bits per heavy atom. The highest BCUT2D eigenvalue weighted by molar-refractivity contribution is 5.76. The van der Waals surface area contributed by atoms with Crippen molar-refractivity contribution in [2.75, 3.05) is 13.2 Å². The molecule has 0 aliphatic rings. The highest BCUT2D eigenvalue weighted by Gasteiger charge is 1.98. The van der Waals surface area contributed by atoms with E-state index in [4.69, 9.17) is 5.41 Å². The third-order valence-electron chi connectivity index (χ3n) is 0.664. The van der Waals surface area contributed by atoms with Gasteiger partial charge >= 0.3 is 6.09 Å². The predicted molar refractivity (Wildman–Crippen MR) is 34.9 cm³/mol. The summed E-state index contributed by atoms with van der Waals surface area (Å²) >= 11 is 0. The van der Waals surface area contributed by atoms with Gasteiger partial charge in [-0.25, -0.2) is 4.79 Å². The summed E-state index contributed by atoms with van der Waals surface area (Å²) in [6, 6.07) is 0. The first-order valence-electron chi connectivity index (χ1n) is 2.79. The maximum absolute atomic E-state index is 9.96. The molecule has 0 aromatic carbocycles. The monoisotopic (exact) mass is 146 g/mol. The molecule has 5 nitrogen and oxygen atoms in total. The van der Waals surface area contributed by atoms with Gasteiger partial charge in [0.25, 0.3) is 0 Å². The zero-order chi connectivity index (χ0) is 7.98. The third kappa shape index (κ3) is 4.89. The molecule has 0 aliphatic carbocycles. The van der Waals surface area contributed by atoms with Crippen LogP contribution in [0.4, 0.5) is 4.79 Å². The lowest BCUT2D eigenvalue weighted by Crippen LogP contribution is -2.19. The van der Waals surface area contributed by atoms with Gasteiger partial charge in [0.1, 0.15) is 0 Å². The van der Waals surface area contributed by atoms with Crippen molar-refractivity contribution in [2.24, 2.45) is 5.73 Å². The molecular weight excluding hydrogens is 136 g/mol. The van der Waals surface area contributed by atoms with Crippen molar-refractivity contribution < 1.29 is 14.3 Å². The average molecular weight is 146 g/mol. The fourth-order valence-corrected chi connectivity index (χ4v) is 0.353. The zero-order valence-corrected chi connectivity index (χ0v) is 5.72. The molecule has 5 heteroatoms. The summed E-state index contributed by atoms with van der Waals surface area (Å²) in [6.07, 6.45) is -0.899. The number of nitrogens with two attached hydrogens (primary N) is 1. The minimum atomic E-state index is -0.899. The van der Waals surface area contributed by atoms with Gasteiger partial charge in [-0.1, -0.05) is 0 Å². The second-order valence-electron chi connectivity index (χ2n) is 1.46. The molecule has 0 saturated carbocycles. The van der Waals surface area contributed by atoms with E-state index in [1.165, 1.54) is 0 Å². The molecule has 3 N–H and O–H groups in total. The molecule has 0 saturated heterocycles. The van der Waals surface area contributed by atoms with Gasteiger partial charge in [0.2, 0.25) is 5.90 Å². The van der Waals surface area contributed by atoms with Crippen molar-refractivity contribution in [3.8, 4) is 0 Å². The number of amides is 1. The van der Waals surface area contributed by atoms with Crippen LogP contribution >= 0.6 is 0 Å². The Hall–Kier alpha value is -1.26. The Bertz CT molecular complexity index is 135. The van der Waals surface area contributed by atoms with Gasteiger partial charge in [0, 0.05) is 0 Å². The Balaban J connectivity index is 3.30. The number of carbonyl (C=O) groups excluding carboxylic acids is 1. The fraction of sp³-hybridized carbons (Fsp3) is 0.600. The Labute approximate surface area is 58.6 Å². The second kappa shape index (κ2) is 4.60. The highest BCUT2D eigenvalue weighted by atomic mass is 16.6. The van der Waals surface area contributed by atoms with Crippen LogP contribution in [0.15, 0.2) is 0 Å². The SMILES string of the molecule is CCOC(=N)COC(N)=O. The third-order valence-corrected chi connectivity index (χ3v) is 0.664. The van der Waals surface area contributed by atoms with Crippen LogP contribution in [0.25, 0.3) is 0 Å². The number of ether oxygens (including phenoxy) is 2. The summed E-state index contributed by atoms with van der Waals surface area (Å²) in [5.41, 5.74) is 4.62. The van der Waals surface area contributed by atoms with Gasteiger partial charge in [-0.15, -0.1) is 0 Å².